The highest BCUT2D eigenvalue weighted by atomic mass is 19.1. The molecule has 1 atom stereocenters. The molecular formula is C13H15FN4O. The summed E-state index contributed by atoms with van der Waals surface area (Å²) in [7, 11) is 1.55. The number of anilines is 1. The summed E-state index contributed by atoms with van der Waals surface area (Å²) in [4.78, 5) is 6.18. The maximum absolute atomic E-state index is 13.4. The number of pyridine rings is 1. The largest absolute Gasteiger partial charge is 0.481 e. The SMILES string of the molecule is COc1ncc(F)cc1[C@H]1CCCN1c1ccn[nH]1. The Morgan fingerprint density at radius 2 is 2.42 bits per heavy atom. The molecule has 0 saturated carbocycles. The van der Waals surface area contributed by atoms with Crippen LogP contribution in [-0.4, -0.2) is 28.8 Å². The maximum Gasteiger partial charge on any atom is 0.218 e. The van der Waals surface area contributed by atoms with Crippen molar-refractivity contribution in [3.05, 3.63) is 35.9 Å². The zero-order chi connectivity index (χ0) is 13.2. The average molecular weight is 262 g/mol. The highest BCUT2D eigenvalue weighted by Gasteiger charge is 2.30. The van der Waals surface area contributed by atoms with Gasteiger partial charge in [0.2, 0.25) is 5.88 Å². The normalized spacial score (nSPS) is 18.8. The lowest BCUT2D eigenvalue weighted by Gasteiger charge is -2.26. The van der Waals surface area contributed by atoms with Gasteiger partial charge in [0.1, 0.15) is 11.6 Å². The lowest BCUT2D eigenvalue weighted by molar-refractivity contribution is 0.385. The first-order valence-corrected chi connectivity index (χ1v) is 6.25. The van der Waals surface area contributed by atoms with Crippen LogP contribution in [-0.2, 0) is 0 Å². The molecule has 3 heterocycles. The molecule has 1 aliphatic rings. The summed E-state index contributed by atoms with van der Waals surface area (Å²) in [6.45, 7) is 0.909. The Morgan fingerprint density at radius 3 is 3.16 bits per heavy atom. The number of aromatic nitrogens is 3. The molecule has 6 heteroatoms. The van der Waals surface area contributed by atoms with Crippen LogP contribution in [0, 0.1) is 5.82 Å². The number of hydrogen-bond acceptors (Lipinski definition) is 4. The standard InChI is InChI=1S/C13H15FN4O/c1-19-13-10(7-9(14)8-15-13)11-3-2-6-18(11)12-4-5-16-17-12/h4-5,7-8,11H,2-3,6H2,1H3,(H,16,17)/t11-/m1/s1. The Hall–Kier alpha value is -2.11. The number of nitrogens with one attached hydrogen (secondary N) is 1. The molecule has 0 amide bonds. The number of rotatable bonds is 3. The number of hydrogen-bond donors (Lipinski definition) is 1. The van der Waals surface area contributed by atoms with E-state index in [1.165, 1.54) is 12.3 Å². The second-order valence-corrected chi connectivity index (χ2v) is 4.55. The lowest BCUT2D eigenvalue weighted by atomic mass is 10.1. The molecule has 5 nitrogen and oxygen atoms in total. The van der Waals surface area contributed by atoms with Gasteiger partial charge in [-0.05, 0) is 18.9 Å². The Kier molecular flexibility index (Phi) is 3.06. The Bertz CT molecular complexity index is 558. The molecule has 2 aromatic rings. The second kappa shape index (κ2) is 4.87. The summed E-state index contributed by atoms with van der Waals surface area (Å²) in [6.07, 6.45) is 4.88. The van der Waals surface area contributed by atoms with E-state index in [1.54, 1.807) is 13.3 Å². The van der Waals surface area contributed by atoms with Gasteiger partial charge in [0, 0.05) is 18.2 Å². The molecule has 1 N–H and O–H groups in total. The van der Waals surface area contributed by atoms with Crippen LogP contribution in [0.15, 0.2) is 24.5 Å². The number of H-pyrrole nitrogens is 1. The van der Waals surface area contributed by atoms with Crippen molar-refractivity contribution < 1.29 is 9.13 Å². The van der Waals surface area contributed by atoms with E-state index in [2.05, 4.69) is 20.1 Å². The summed E-state index contributed by atoms with van der Waals surface area (Å²) in [5, 5.41) is 6.92. The fraction of sp³-hybridized carbons (Fsp3) is 0.385. The molecule has 2 aromatic heterocycles. The topological polar surface area (TPSA) is 54.0 Å². The van der Waals surface area contributed by atoms with Crippen LogP contribution in [0.5, 0.6) is 5.88 Å². The third-order valence-corrected chi connectivity index (χ3v) is 3.45. The molecule has 1 aliphatic heterocycles. The van der Waals surface area contributed by atoms with Crippen LogP contribution in [0.4, 0.5) is 10.2 Å². The minimum absolute atomic E-state index is 0.0681. The molecule has 0 bridgehead atoms. The number of nitrogens with zero attached hydrogens (tertiary/aromatic N) is 3. The van der Waals surface area contributed by atoms with E-state index in [-0.39, 0.29) is 11.9 Å². The molecule has 3 rings (SSSR count). The van der Waals surface area contributed by atoms with E-state index in [0.717, 1.165) is 30.8 Å². The van der Waals surface area contributed by atoms with E-state index in [0.29, 0.717) is 5.88 Å². The van der Waals surface area contributed by atoms with Gasteiger partial charge >= 0.3 is 0 Å². The number of methoxy groups -OCH3 is 1. The highest BCUT2D eigenvalue weighted by Crippen LogP contribution is 2.38. The molecule has 19 heavy (non-hydrogen) atoms. The summed E-state index contributed by atoms with van der Waals surface area (Å²) in [5.74, 6) is 1.08. The van der Waals surface area contributed by atoms with Crippen molar-refractivity contribution >= 4 is 5.82 Å². The van der Waals surface area contributed by atoms with Gasteiger partial charge in [-0.2, -0.15) is 5.10 Å². The first-order chi connectivity index (χ1) is 9.29. The van der Waals surface area contributed by atoms with E-state index >= 15 is 0 Å². The van der Waals surface area contributed by atoms with Crippen LogP contribution in [0.25, 0.3) is 0 Å². The van der Waals surface area contributed by atoms with Gasteiger partial charge in [-0.25, -0.2) is 9.37 Å². The highest BCUT2D eigenvalue weighted by molar-refractivity contribution is 5.45. The molecule has 0 radical (unpaired) electrons. The molecule has 0 spiro atoms. The zero-order valence-corrected chi connectivity index (χ0v) is 10.6. The van der Waals surface area contributed by atoms with Crippen molar-refractivity contribution in [3.63, 3.8) is 0 Å². The first-order valence-electron chi connectivity index (χ1n) is 6.25. The number of aromatic amines is 1. The molecular weight excluding hydrogens is 247 g/mol. The second-order valence-electron chi connectivity index (χ2n) is 4.55. The monoisotopic (exact) mass is 262 g/mol. The van der Waals surface area contributed by atoms with Gasteiger partial charge in [-0.3, -0.25) is 5.10 Å². The third-order valence-electron chi connectivity index (χ3n) is 3.45. The van der Waals surface area contributed by atoms with Crippen molar-refractivity contribution in [1.82, 2.24) is 15.2 Å². The predicted molar refractivity (Wildman–Crippen MR) is 68.7 cm³/mol. The minimum Gasteiger partial charge on any atom is -0.481 e. The Balaban J connectivity index is 1.98. The van der Waals surface area contributed by atoms with Crippen LogP contribution >= 0.6 is 0 Å². The van der Waals surface area contributed by atoms with Crippen LogP contribution in [0.2, 0.25) is 0 Å². The van der Waals surface area contributed by atoms with Crippen LogP contribution < -0.4 is 9.64 Å². The summed E-state index contributed by atoms with van der Waals surface area (Å²) < 4.78 is 18.7. The Morgan fingerprint density at radius 1 is 1.53 bits per heavy atom. The van der Waals surface area contributed by atoms with Crippen molar-refractivity contribution in [2.75, 3.05) is 18.6 Å². The van der Waals surface area contributed by atoms with Gasteiger partial charge in [0.25, 0.3) is 0 Å². The van der Waals surface area contributed by atoms with Gasteiger partial charge in [0.15, 0.2) is 0 Å². The quantitative estimate of drug-likeness (QED) is 0.922. The maximum atomic E-state index is 13.4. The molecule has 1 fully saturated rings. The van der Waals surface area contributed by atoms with E-state index in [4.69, 9.17) is 4.74 Å². The Labute approximate surface area is 110 Å². The van der Waals surface area contributed by atoms with Crippen molar-refractivity contribution in [2.24, 2.45) is 0 Å². The summed E-state index contributed by atoms with van der Waals surface area (Å²) >= 11 is 0. The third kappa shape index (κ3) is 2.14. The van der Waals surface area contributed by atoms with Crippen molar-refractivity contribution in [3.8, 4) is 5.88 Å². The molecule has 0 aromatic carbocycles. The van der Waals surface area contributed by atoms with Crippen LogP contribution in [0.1, 0.15) is 24.4 Å². The molecule has 0 aliphatic carbocycles. The summed E-state index contributed by atoms with van der Waals surface area (Å²) in [5.41, 5.74) is 0.787. The van der Waals surface area contributed by atoms with Crippen molar-refractivity contribution in [1.29, 1.82) is 0 Å². The fourth-order valence-electron chi connectivity index (χ4n) is 2.64. The lowest BCUT2D eigenvalue weighted by Crippen LogP contribution is -2.23. The predicted octanol–water partition coefficient (Wildman–Crippen LogP) is 2.29. The fourth-order valence-corrected chi connectivity index (χ4v) is 2.64. The molecule has 1 saturated heterocycles. The molecule has 100 valence electrons. The average Bonchev–Trinajstić information content (AvgIpc) is 3.09. The zero-order valence-electron chi connectivity index (χ0n) is 10.6. The smallest absolute Gasteiger partial charge is 0.218 e. The van der Waals surface area contributed by atoms with Gasteiger partial charge in [0.05, 0.1) is 25.5 Å². The summed E-state index contributed by atoms with van der Waals surface area (Å²) in [6, 6.07) is 3.49. The van der Waals surface area contributed by atoms with E-state index < -0.39 is 0 Å². The van der Waals surface area contributed by atoms with Gasteiger partial charge in [-0.1, -0.05) is 0 Å². The van der Waals surface area contributed by atoms with Gasteiger partial charge < -0.3 is 9.64 Å². The van der Waals surface area contributed by atoms with Crippen molar-refractivity contribution in [2.45, 2.75) is 18.9 Å². The van der Waals surface area contributed by atoms with E-state index in [1.807, 2.05) is 6.07 Å². The minimum atomic E-state index is -0.340. The van der Waals surface area contributed by atoms with Gasteiger partial charge in [-0.15, -0.1) is 0 Å². The number of ether oxygens (including phenoxy) is 1. The number of halogens is 1. The van der Waals surface area contributed by atoms with Crippen LogP contribution in [0.3, 0.4) is 0 Å². The van der Waals surface area contributed by atoms with E-state index in [9.17, 15) is 4.39 Å². The molecule has 0 unspecified atom stereocenters. The first kappa shape index (κ1) is 12.0.